The van der Waals surface area contributed by atoms with Crippen molar-refractivity contribution in [3.05, 3.63) is 75.7 Å². The molecule has 0 amide bonds. The second kappa shape index (κ2) is 6.42. The van der Waals surface area contributed by atoms with Crippen LogP contribution in [-0.2, 0) is 0 Å². The Morgan fingerprint density at radius 3 is 2.29 bits per heavy atom. The van der Waals surface area contributed by atoms with E-state index in [1.165, 1.54) is 0 Å². The van der Waals surface area contributed by atoms with Crippen LogP contribution in [0.3, 0.4) is 0 Å². The number of nitrogens with one attached hydrogen (secondary N) is 1. The number of hydrogen-bond acceptors (Lipinski definition) is 3. The van der Waals surface area contributed by atoms with E-state index < -0.39 is 0 Å². The fraction of sp³-hybridized carbons (Fsp3) is 0. The van der Waals surface area contributed by atoms with Gasteiger partial charge in [0.1, 0.15) is 5.52 Å². The van der Waals surface area contributed by atoms with Crippen LogP contribution in [0.25, 0.3) is 22.6 Å². The Kier molecular flexibility index (Phi) is 4.12. The summed E-state index contributed by atoms with van der Waals surface area (Å²) >= 11 is 7.16. The lowest BCUT2D eigenvalue weighted by molar-refractivity contribution is 0.620. The minimum absolute atomic E-state index is 0.600. The standard InChI is InChI=1S/C19H12Br2N2O/c20-13-7-5-8-14(21)18(13)22-15-9-2-1-6-12(15)19-23-16-10-3-4-11-17(16)24-19/h1-11,22H. The number of aromatic nitrogens is 1. The zero-order valence-corrected chi connectivity index (χ0v) is 15.6. The highest BCUT2D eigenvalue weighted by atomic mass is 79.9. The Labute approximate surface area is 156 Å². The lowest BCUT2D eigenvalue weighted by atomic mass is 10.1. The third-order valence-corrected chi connectivity index (χ3v) is 5.00. The van der Waals surface area contributed by atoms with Gasteiger partial charge >= 0.3 is 0 Å². The fourth-order valence-corrected chi connectivity index (χ4v) is 3.71. The topological polar surface area (TPSA) is 38.1 Å². The number of hydrogen-bond donors (Lipinski definition) is 1. The van der Waals surface area contributed by atoms with E-state index in [1.807, 2.05) is 66.7 Å². The second-order valence-electron chi connectivity index (χ2n) is 5.25. The first-order valence-electron chi connectivity index (χ1n) is 7.38. The quantitative estimate of drug-likeness (QED) is 0.380. The molecule has 4 aromatic rings. The normalized spacial score (nSPS) is 10.9. The molecular weight excluding hydrogens is 432 g/mol. The van der Waals surface area contributed by atoms with E-state index in [2.05, 4.69) is 42.2 Å². The van der Waals surface area contributed by atoms with Crippen LogP contribution in [0, 0.1) is 0 Å². The van der Waals surface area contributed by atoms with Gasteiger partial charge in [-0.3, -0.25) is 0 Å². The molecule has 0 bridgehead atoms. The van der Waals surface area contributed by atoms with Gasteiger partial charge in [-0.2, -0.15) is 0 Å². The molecule has 0 aliphatic rings. The molecule has 1 aromatic heterocycles. The molecule has 0 aliphatic carbocycles. The fourth-order valence-electron chi connectivity index (χ4n) is 2.52. The van der Waals surface area contributed by atoms with Gasteiger partial charge in [-0.25, -0.2) is 4.98 Å². The monoisotopic (exact) mass is 442 g/mol. The number of rotatable bonds is 3. The highest BCUT2D eigenvalue weighted by Gasteiger charge is 2.13. The van der Waals surface area contributed by atoms with Gasteiger partial charge in [0.2, 0.25) is 5.89 Å². The number of oxazole rings is 1. The van der Waals surface area contributed by atoms with Crippen molar-refractivity contribution < 1.29 is 4.42 Å². The molecule has 0 saturated carbocycles. The van der Waals surface area contributed by atoms with Crippen LogP contribution in [0.15, 0.2) is 80.1 Å². The Balaban J connectivity index is 1.81. The molecule has 4 rings (SSSR count). The zero-order chi connectivity index (χ0) is 16.5. The Hall–Kier alpha value is -2.11. The lowest BCUT2D eigenvalue weighted by Gasteiger charge is -2.13. The average Bonchev–Trinajstić information content (AvgIpc) is 3.02. The predicted molar refractivity (Wildman–Crippen MR) is 105 cm³/mol. The average molecular weight is 444 g/mol. The lowest BCUT2D eigenvalue weighted by Crippen LogP contribution is -1.95. The summed E-state index contributed by atoms with van der Waals surface area (Å²) in [6, 6.07) is 21.7. The third kappa shape index (κ3) is 2.85. The number of anilines is 2. The second-order valence-corrected chi connectivity index (χ2v) is 6.96. The molecule has 118 valence electrons. The summed E-state index contributed by atoms with van der Waals surface area (Å²) in [5.74, 6) is 0.600. The van der Waals surface area contributed by atoms with Crippen LogP contribution in [0.1, 0.15) is 0 Å². The van der Waals surface area contributed by atoms with Gasteiger partial charge in [0.15, 0.2) is 5.58 Å². The molecule has 0 radical (unpaired) electrons. The largest absolute Gasteiger partial charge is 0.436 e. The van der Waals surface area contributed by atoms with Gasteiger partial charge in [0.05, 0.1) is 16.9 Å². The SMILES string of the molecule is Brc1cccc(Br)c1Nc1ccccc1-c1nc2ccccc2o1. The number of benzene rings is 3. The van der Waals surface area contributed by atoms with Gasteiger partial charge in [-0.15, -0.1) is 0 Å². The van der Waals surface area contributed by atoms with Gasteiger partial charge in [-0.1, -0.05) is 30.3 Å². The van der Waals surface area contributed by atoms with Crippen LogP contribution < -0.4 is 5.32 Å². The Bertz CT molecular complexity index is 973. The van der Waals surface area contributed by atoms with Gasteiger partial charge < -0.3 is 9.73 Å². The van der Waals surface area contributed by atoms with Crippen molar-refractivity contribution in [1.29, 1.82) is 0 Å². The molecular formula is C19H12Br2N2O. The minimum atomic E-state index is 0.600. The molecule has 1 heterocycles. The molecule has 5 heteroatoms. The van der Waals surface area contributed by atoms with Crippen molar-refractivity contribution in [2.24, 2.45) is 0 Å². The molecule has 0 saturated heterocycles. The van der Waals surface area contributed by atoms with E-state index in [4.69, 9.17) is 4.42 Å². The molecule has 0 spiro atoms. The molecule has 3 aromatic carbocycles. The van der Waals surface area contributed by atoms with Gasteiger partial charge in [-0.05, 0) is 68.3 Å². The predicted octanol–water partition coefficient (Wildman–Crippen LogP) is 6.76. The number of para-hydroxylation sites is 4. The molecule has 0 atom stereocenters. The van der Waals surface area contributed by atoms with Crippen molar-refractivity contribution in [3.8, 4) is 11.5 Å². The summed E-state index contributed by atoms with van der Waals surface area (Å²) in [6.07, 6.45) is 0. The zero-order valence-electron chi connectivity index (χ0n) is 12.5. The van der Waals surface area contributed by atoms with Crippen molar-refractivity contribution in [3.63, 3.8) is 0 Å². The Morgan fingerprint density at radius 1 is 0.792 bits per heavy atom. The first-order valence-corrected chi connectivity index (χ1v) is 8.97. The van der Waals surface area contributed by atoms with Crippen LogP contribution in [0.5, 0.6) is 0 Å². The van der Waals surface area contributed by atoms with Crippen molar-refractivity contribution >= 4 is 54.3 Å². The van der Waals surface area contributed by atoms with Crippen molar-refractivity contribution in [1.82, 2.24) is 4.98 Å². The maximum absolute atomic E-state index is 5.92. The number of fused-ring (bicyclic) bond motifs is 1. The third-order valence-electron chi connectivity index (χ3n) is 3.67. The maximum atomic E-state index is 5.92. The van der Waals surface area contributed by atoms with E-state index in [0.717, 1.165) is 37.0 Å². The Morgan fingerprint density at radius 2 is 1.50 bits per heavy atom. The van der Waals surface area contributed by atoms with E-state index in [1.54, 1.807) is 0 Å². The number of halogens is 2. The molecule has 0 unspecified atom stereocenters. The number of nitrogens with zero attached hydrogens (tertiary/aromatic N) is 1. The molecule has 0 aliphatic heterocycles. The highest BCUT2D eigenvalue weighted by molar-refractivity contribution is 9.11. The van der Waals surface area contributed by atoms with E-state index in [0.29, 0.717) is 5.89 Å². The maximum Gasteiger partial charge on any atom is 0.229 e. The summed E-state index contributed by atoms with van der Waals surface area (Å²) in [5.41, 5.74) is 4.43. The van der Waals surface area contributed by atoms with Crippen LogP contribution in [0.2, 0.25) is 0 Å². The molecule has 0 fully saturated rings. The summed E-state index contributed by atoms with van der Waals surface area (Å²) in [7, 11) is 0. The first-order chi connectivity index (χ1) is 11.7. The van der Waals surface area contributed by atoms with Crippen LogP contribution in [-0.4, -0.2) is 4.98 Å². The smallest absolute Gasteiger partial charge is 0.229 e. The summed E-state index contributed by atoms with van der Waals surface area (Å²) in [4.78, 5) is 4.60. The molecule has 3 nitrogen and oxygen atoms in total. The molecule has 1 N–H and O–H groups in total. The summed E-state index contributed by atoms with van der Waals surface area (Å²) in [5, 5.41) is 3.46. The van der Waals surface area contributed by atoms with Gasteiger partial charge in [0, 0.05) is 8.95 Å². The molecule has 24 heavy (non-hydrogen) atoms. The van der Waals surface area contributed by atoms with E-state index >= 15 is 0 Å². The van der Waals surface area contributed by atoms with Crippen LogP contribution in [0.4, 0.5) is 11.4 Å². The summed E-state index contributed by atoms with van der Waals surface area (Å²) < 4.78 is 7.87. The van der Waals surface area contributed by atoms with E-state index in [-0.39, 0.29) is 0 Å². The van der Waals surface area contributed by atoms with E-state index in [9.17, 15) is 0 Å². The van der Waals surface area contributed by atoms with Crippen molar-refractivity contribution in [2.45, 2.75) is 0 Å². The highest BCUT2D eigenvalue weighted by Crippen LogP contribution is 2.37. The van der Waals surface area contributed by atoms with Crippen molar-refractivity contribution in [2.75, 3.05) is 5.32 Å². The summed E-state index contributed by atoms with van der Waals surface area (Å²) in [6.45, 7) is 0. The first kappa shape index (κ1) is 15.4. The minimum Gasteiger partial charge on any atom is -0.436 e. The van der Waals surface area contributed by atoms with Crippen LogP contribution >= 0.6 is 31.9 Å². The van der Waals surface area contributed by atoms with Gasteiger partial charge in [0.25, 0.3) is 0 Å².